The third-order valence-electron chi connectivity index (χ3n) is 6.29. The predicted molar refractivity (Wildman–Crippen MR) is 151 cm³/mol. The van der Waals surface area contributed by atoms with E-state index < -0.39 is 15.9 Å². The van der Waals surface area contributed by atoms with E-state index in [4.69, 9.17) is 27.1 Å². The Morgan fingerprint density at radius 3 is 2.58 bits per heavy atom. The summed E-state index contributed by atoms with van der Waals surface area (Å²) in [7, 11) is -4.26. The van der Waals surface area contributed by atoms with Gasteiger partial charge >= 0.3 is 0 Å². The van der Waals surface area contributed by atoms with Crippen molar-refractivity contribution in [2.75, 3.05) is 17.2 Å². The molecule has 4 rings (SSSR count). The van der Waals surface area contributed by atoms with Crippen molar-refractivity contribution in [2.24, 2.45) is 5.92 Å². The molecule has 1 aliphatic rings. The molecule has 3 heterocycles. The van der Waals surface area contributed by atoms with Crippen molar-refractivity contribution in [3.8, 4) is 17.0 Å². The Morgan fingerprint density at radius 1 is 1.21 bits per heavy atom. The van der Waals surface area contributed by atoms with Gasteiger partial charge < -0.3 is 15.4 Å². The number of benzene rings is 1. The number of nitrogens with one attached hydrogen (secondary N) is 1. The number of pyridine rings is 2. The highest BCUT2D eigenvalue weighted by Crippen LogP contribution is 2.39. The number of carbonyl (C=O) groups is 1. The molecule has 3 N–H and O–H groups in total. The summed E-state index contributed by atoms with van der Waals surface area (Å²) in [6.07, 6.45) is 0.819. The molecule has 11 heteroatoms. The van der Waals surface area contributed by atoms with Crippen LogP contribution >= 0.6 is 11.6 Å². The fraction of sp³-hybridized carbons (Fsp3) is 0.370. The molecular weight excluding hydrogens is 526 g/mol. The first kappa shape index (κ1) is 27.7. The number of carbonyl (C=O) groups excluding carboxylic acids is 1. The van der Waals surface area contributed by atoms with Gasteiger partial charge in [-0.3, -0.25) is 4.79 Å². The number of amides is 1. The molecule has 0 spiro atoms. The number of nitrogens with zero attached hydrogens (tertiary/aromatic N) is 3. The minimum atomic E-state index is -4.26. The van der Waals surface area contributed by atoms with E-state index in [9.17, 15) is 13.2 Å². The lowest BCUT2D eigenvalue weighted by Crippen LogP contribution is -2.41. The molecule has 1 unspecified atom stereocenters. The smallest absolute Gasteiger partial charge is 0.281 e. The van der Waals surface area contributed by atoms with Gasteiger partial charge in [0, 0.05) is 19.1 Å². The van der Waals surface area contributed by atoms with Gasteiger partial charge in [0.2, 0.25) is 0 Å². The van der Waals surface area contributed by atoms with Crippen LogP contribution in [0.25, 0.3) is 11.3 Å². The summed E-state index contributed by atoms with van der Waals surface area (Å²) in [6, 6.07) is 12.8. The maximum absolute atomic E-state index is 13.4. The van der Waals surface area contributed by atoms with E-state index in [0.29, 0.717) is 34.7 Å². The number of anilines is 2. The summed E-state index contributed by atoms with van der Waals surface area (Å²) >= 11 is 6.33. The summed E-state index contributed by atoms with van der Waals surface area (Å²) in [4.78, 5) is 24.2. The lowest BCUT2D eigenvalue weighted by Gasteiger charge is -2.34. The number of nitrogens with two attached hydrogens (primary N) is 1. The maximum Gasteiger partial charge on any atom is 0.281 e. The van der Waals surface area contributed by atoms with Crippen LogP contribution in [0.2, 0.25) is 5.02 Å². The molecule has 1 aromatic carbocycles. The van der Waals surface area contributed by atoms with E-state index in [1.165, 1.54) is 18.2 Å². The quantitative estimate of drug-likeness (QED) is 0.406. The SMILES string of the molecule is CC1CN(c2nc(-c3ccc(Cl)c(OC(C)C)c3)ccc2C(=O)NS(=O)(=O)c2cccc(N)n2)C(C)(C)C1.[HH]. The lowest BCUT2D eigenvalue weighted by molar-refractivity contribution is 0.0981. The minimum absolute atomic E-state index is 0. The number of sulfonamides is 1. The van der Waals surface area contributed by atoms with Crippen LogP contribution in [0.3, 0.4) is 0 Å². The molecule has 1 aliphatic heterocycles. The van der Waals surface area contributed by atoms with Crippen molar-refractivity contribution in [1.82, 2.24) is 14.7 Å². The van der Waals surface area contributed by atoms with E-state index in [1.54, 1.807) is 18.2 Å². The number of halogens is 1. The number of rotatable bonds is 7. The third-order valence-corrected chi connectivity index (χ3v) is 7.83. The highest BCUT2D eigenvalue weighted by molar-refractivity contribution is 7.90. The van der Waals surface area contributed by atoms with Gasteiger partial charge in [0.05, 0.1) is 22.4 Å². The summed E-state index contributed by atoms with van der Waals surface area (Å²) in [5.74, 6) is 0.502. The van der Waals surface area contributed by atoms with Gasteiger partial charge in [-0.15, -0.1) is 0 Å². The van der Waals surface area contributed by atoms with E-state index in [1.807, 2.05) is 26.0 Å². The topological polar surface area (TPSA) is 128 Å². The number of aromatic nitrogens is 2. The zero-order chi connectivity index (χ0) is 27.8. The molecule has 1 fully saturated rings. The predicted octanol–water partition coefficient (Wildman–Crippen LogP) is 5.16. The van der Waals surface area contributed by atoms with Gasteiger partial charge in [0.25, 0.3) is 15.9 Å². The second-order valence-corrected chi connectivity index (χ2v) is 12.5. The molecule has 38 heavy (non-hydrogen) atoms. The molecular formula is C27H34ClN5O4S. The van der Waals surface area contributed by atoms with Crippen molar-refractivity contribution in [3.05, 3.63) is 59.1 Å². The highest BCUT2D eigenvalue weighted by Gasteiger charge is 2.39. The molecule has 0 aliphatic carbocycles. The van der Waals surface area contributed by atoms with E-state index in [0.717, 1.165) is 12.0 Å². The van der Waals surface area contributed by atoms with Crippen LogP contribution in [0, 0.1) is 5.92 Å². The summed E-state index contributed by atoms with van der Waals surface area (Å²) < 4.78 is 33.8. The Hall–Kier alpha value is -3.37. The van der Waals surface area contributed by atoms with Crippen LogP contribution in [0.15, 0.2) is 53.6 Å². The first-order chi connectivity index (χ1) is 17.8. The van der Waals surface area contributed by atoms with Crippen LogP contribution in [0.1, 0.15) is 52.8 Å². The van der Waals surface area contributed by atoms with Gasteiger partial charge in [0.1, 0.15) is 17.4 Å². The van der Waals surface area contributed by atoms with Gasteiger partial charge in [-0.05, 0) is 76.4 Å². The van der Waals surface area contributed by atoms with Crippen LogP contribution in [0.5, 0.6) is 5.75 Å². The molecule has 204 valence electrons. The monoisotopic (exact) mass is 559 g/mol. The summed E-state index contributed by atoms with van der Waals surface area (Å²) in [5.41, 5.74) is 6.82. The van der Waals surface area contributed by atoms with Gasteiger partial charge in [-0.1, -0.05) is 30.7 Å². The number of nitrogen functional groups attached to an aromatic ring is 1. The van der Waals surface area contributed by atoms with Crippen molar-refractivity contribution in [1.29, 1.82) is 0 Å². The second kappa shape index (κ2) is 10.4. The number of ether oxygens (including phenoxy) is 1. The van der Waals surface area contributed by atoms with Crippen molar-refractivity contribution in [2.45, 2.75) is 57.7 Å². The third kappa shape index (κ3) is 5.86. The maximum atomic E-state index is 13.4. The van der Waals surface area contributed by atoms with Crippen molar-refractivity contribution >= 4 is 39.2 Å². The molecule has 1 saturated heterocycles. The standard InChI is InChI=1S/C27H32ClN5O4S.H2/c1-16(2)37-22-13-18(9-11-20(22)28)21-12-10-19(25(30-21)33-15-17(3)14-27(33,4)5)26(34)32-38(35,36)24-8-6-7-23(29)31-24;/h6-13,16-17H,14-15H2,1-5H3,(H2,29,31)(H,32,34);1H. The fourth-order valence-electron chi connectivity index (χ4n) is 4.77. The van der Waals surface area contributed by atoms with Crippen LogP contribution < -0.4 is 20.1 Å². The van der Waals surface area contributed by atoms with E-state index in [2.05, 4.69) is 35.4 Å². The Morgan fingerprint density at radius 2 is 1.95 bits per heavy atom. The second-order valence-electron chi connectivity index (χ2n) is 10.4. The van der Waals surface area contributed by atoms with Gasteiger partial charge in [0.15, 0.2) is 5.03 Å². The van der Waals surface area contributed by atoms with E-state index in [-0.39, 0.29) is 29.5 Å². The lowest BCUT2D eigenvalue weighted by atomic mass is 9.97. The summed E-state index contributed by atoms with van der Waals surface area (Å²) in [6.45, 7) is 10.8. The fourth-order valence-corrected chi connectivity index (χ4v) is 5.87. The van der Waals surface area contributed by atoms with Gasteiger partial charge in [-0.25, -0.2) is 14.7 Å². The highest BCUT2D eigenvalue weighted by atomic mass is 35.5. The Balaban J connectivity index is 0.00000420. The molecule has 3 aromatic rings. The average molecular weight is 560 g/mol. The molecule has 1 atom stereocenters. The van der Waals surface area contributed by atoms with Crippen LogP contribution in [0.4, 0.5) is 11.6 Å². The normalized spacial score (nSPS) is 17.0. The molecule has 9 nitrogen and oxygen atoms in total. The zero-order valence-electron chi connectivity index (χ0n) is 22.0. The minimum Gasteiger partial charge on any atom is -0.489 e. The van der Waals surface area contributed by atoms with Crippen molar-refractivity contribution in [3.63, 3.8) is 0 Å². The van der Waals surface area contributed by atoms with Crippen LogP contribution in [-0.2, 0) is 10.0 Å². The molecule has 0 bridgehead atoms. The molecule has 0 saturated carbocycles. The van der Waals surface area contributed by atoms with Crippen LogP contribution in [-0.4, -0.2) is 42.5 Å². The molecule has 0 radical (unpaired) electrons. The molecule has 2 aromatic heterocycles. The first-order valence-corrected chi connectivity index (χ1v) is 14.2. The Labute approximate surface area is 229 Å². The van der Waals surface area contributed by atoms with Crippen molar-refractivity contribution < 1.29 is 19.4 Å². The number of hydrogen-bond acceptors (Lipinski definition) is 8. The number of hydrogen-bond donors (Lipinski definition) is 2. The Kier molecular flexibility index (Phi) is 7.58. The summed E-state index contributed by atoms with van der Waals surface area (Å²) in [5, 5.41) is 0.138. The van der Waals surface area contributed by atoms with E-state index >= 15 is 0 Å². The zero-order valence-corrected chi connectivity index (χ0v) is 23.6. The Bertz CT molecular complexity index is 1480. The molecule has 1 amide bonds. The van der Waals surface area contributed by atoms with Gasteiger partial charge in [-0.2, -0.15) is 8.42 Å². The average Bonchev–Trinajstić information content (AvgIpc) is 3.11. The first-order valence-electron chi connectivity index (χ1n) is 12.3. The largest absolute Gasteiger partial charge is 0.489 e.